The maximum Gasteiger partial charge on any atom is 0.352 e. The fraction of sp³-hybridized carbons (Fsp3) is 0.577. The van der Waals surface area contributed by atoms with Gasteiger partial charge < -0.3 is 34.4 Å². The number of carbonyl (C=O) groups excluding carboxylic acids is 2. The first-order valence-electron chi connectivity index (χ1n) is 12.3. The summed E-state index contributed by atoms with van der Waals surface area (Å²) >= 11 is 0. The summed E-state index contributed by atoms with van der Waals surface area (Å²) in [6, 6.07) is 3.28. The maximum absolute atomic E-state index is 12.9. The molecule has 0 unspecified atom stereocenters. The van der Waals surface area contributed by atoms with Gasteiger partial charge in [-0.2, -0.15) is 0 Å². The SMILES string of the molecule is C[C@H](OC(=O)C[C@H](C)C(=O)O)C(=O)OC1=CC[C@@]2(O)[C@H]3Cc4ccc(O)c5c4[C@@]2(CCCN3C)[C@H]1O5. The number of likely N-dealkylation sites (N-methyl/N-ethyl adjacent to an activating group) is 1. The number of carboxylic acids is 1. The van der Waals surface area contributed by atoms with Gasteiger partial charge in [0.25, 0.3) is 0 Å². The van der Waals surface area contributed by atoms with E-state index in [1.54, 1.807) is 12.1 Å². The Morgan fingerprint density at radius 1 is 1.28 bits per heavy atom. The smallest absolute Gasteiger partial charge is 0.352 e. The third-order valence-electron chi connectivity index (χ3n) is 8.33. The Bertz CT molecular complexity index is 1160. The van der Waals surface area contributed by atoms with E-state index in [4.69, 9.17) is 19.3 Å². The van der Waals surface area contributed by atoms with Crippen molar-refractivity contribution >= 4 is 17.9 Å². The Kier molecular flexibility index (Phi) is 5.79. The highest BCUT2D eigenvalue weighted by molar-refractivity contribution is 5.82. The summed E-state index contributed by atoms with van der Waals surface area (Å²) in [5, 5.41) is 31.9. The van der Waals surface area contributed by atoms with E-state index >= 15 is 0 Å². The van der Waals surface area contributed by atoms with Gasteiger partial charge in [-0.15, -0.1) is 0 Å². The summed E-state index contributed by atoms with van der Waals surface area (Å²) in [4.78, 5) is 38.1. The highest BCUT2D eigenvalue weighted by Crippen LogP contribution is 2.64. The zero-order chi connectivity index (χ0) is 26.0. The number of benzene rings is 1. The van der Waals surface area contributed by atoms with Gasteiger partial charge in [-0.25, -0.2) is 4.79 Å². The highest BCUT2D eigenvalue weighted by atomic mass is 16.6. The number of rotatable bonds is 6. The number of aliphatic hydroxyl groups is 1. The number of aromatic hydroxyl groups is 1. The van der Waals surface area contributed by atoms with Crippen LogP contribution in [0.4, 0.5) is 0 Å². The number of carbonyl (C=O) groups is 3. The Balaban J connectivity index is 1.44. The molecule has 5 rings (SSSR count). The van der Waals surface area contributed by atoms with Gasteiger partial charge >= 0.3 is 17.9 Å². The second kappa shape index (κ2) is 8.48. The molecule has 2 aliphatic heterocycles. The molecule has 1 saturated heterocycles. The monoisotopic (exact) mass is 501 g/mol. The van der Waals surface area contributed by atoms with E-state index in [0.717, 1.165) is 24.1 Å². The minimum atomic E-state index is -1.27. The zero-order valence-electron chi connectivity index (χ0n) is 20.5. The molecule has 36 heavy (non-hydrogen) atoms. The molecule has 0 radical (unpaired) electrons. The van der Waals surface area contributed by atoms with E-state index in [9.17, 15) is 24.6 Å². The lowest BCUT2D eigenvalue weighted by Crippen LogP contribution is -2.69. The Labute approximate surface area is 208 Å². The van der Waals surface area contributed by atoms with Crippen molar-refractivity contribution in [2.45, 2.75) is 75.2 Å². The fourth-order valence-corrected chi connectivity index (χ4v) is 6.52. The third-order valence-corrected chi connectivity index (χ3v) is 8.33. The Morgan fingerprint density at radius 3 is 2.75 bits per heavy atom. The van der Waals surface area contributed by atoms with Crippen molar-refractivity contribution in [1.29, 1.82) is 0 Å². The molecule has 1 aromatic carbocycles. The van der Waals surface area contributed by atoms with Gasteiger partial charge in [0.2, 0.25) is 0 Å². The number of phenolic OH excluding ortho intramolecular Hbond substituents is 1. The molecule has 2 aliphatic carbocycles. The largest absolute Gasteiger partial charge is 0.504 e. The van der Waals surface area contributed by atoms with Crippen LogP contribution in [0.5, 0.6) is 11.5 Å². The van der Waals surface area contributed by atoms with Gasteiger partial charge in [0.1, 0.15) is 5.76 Å². The molecule has 1 aromatic rings. The molecule has 0 saturated carbocycles. The standard InChI is InChI=1S/C26H31NO9/c1-13(23(30)31)11-19(29)34-14(2)24(32)35-17-7-9-26(33)18-12-15-5-6-16(28)21-20(15)25(26,22(17)36-21)8-4-10-27(18)3/h5-7,13-14,18,22,28,33H,4,8-12H2,1-3H3,(H,30,31)/t13-,14-,18+,22-,25-,26+/m0/s1. The Morgan fingerprint density at radius 2 is 2.03 bits per heavy atom. The second-order valence-electron chi connectivity index (χ2n) is 10.5. The lowest BCUT2D eigenvalue weighted by atomic mass is 9.52. The number of aliphatic carboxylic acids is 1. The molecule has 0 aromatic heterocycles. The zero-order valence-corrected chi connectivity index (χ0v) is 20.5. The van der Waals surface area contributed by atoms with E-state index in [1.807, 2.05) is 13.1 Å². The van der Waals surface area contributed by atoms with Crippen LogP contribution in [0, 0.1) is 5.92 Å². The van der Waals surface area contributed by atoms with Gasteiger partial charge in [-0.1, -0.05) is 13.0 Å². The normalized spacial score (nSPS) is 31.7. The van der Waals surface area contributed by atoms with E-state index < -0.39 is 47.0 Å². The predicted octanol–water partition coefficient (Wildman–Crippen LogP) is 1.65. The van der Waals surface area contributed by atoms with Gasteiger partial charge in [-0.05, 0) is 57.5 Å². The molecule has 2 heterocycles. The van der Waals surface area contributed by atoms with Crippen molar-refractivity contribution in [2.75, 3.05) is 13.6 Å². The van der Waals surface area contributed by atoms with Gasteiger partial charge in [0.15, 0.2) is 23.7 Å². The van der Waals surface area contributed by atoms with Gasteiger partial charge in [0, 0.05) is 18.0 Å². The van der Waals surface area contributed by atoms with Crippen molar-refractivity contribution in [3.8, 4) is 11.5 Å². The maximum atomic E-state index is 12.9. The number of esters is 2. The minimum absolute atomic E-state index is 0.0311. The van der Waals surface area contributed by atoms with Crippen LogP contribution in [0.2, 0.25) is 0 Å². The number of hydrogen-bond donors (Lipinski definition) is 3. The lowest BCUT2D eigenvalue weighted by Gasteiger charge is -2.56. The molecular weight excluding hydrogens is 470 g/mol. The average molecular weight is 502 g/mol. The van der Waals surface area contributed by atoms with Crippen molar-refractivity contribution in [1.82, 2.24) is 4.90 Å². The van der Waals surface area contributed by atoms with Crippen LogP contribution in [-0.4, -0.2) is 75.6 Å². The Hall–Kier alpha value is -3.11. The lowest BCUT2D eigenvalue weighted by molar-refractivity contribution is -0.169. The summed E-state index contributed by atoms with van der Waals surface area (Å²) < 4.78 is 17.1. The van der Waals surface area contributed by atoms with E-state index in [1.165, 1.54) is 13.8 Å². The summed E-state index contributed by atoms with van der Waals surface area (Å²) in [6.45, 7) is 3.52. The number of ether oxygens (including phenoxy) is 3. The molecule has 10 heteroatoms. The van der Waals surface area contributed by atoms with Gasteiger partial charge in [0.05, 0.1) is 23.4 Å². The molecular formula is C26H31NO9. The first kappa shape index (κ1) is 24.6. The van der Waals surface area contributed by atoms with Crippen molar-refractivity contribution in [2.24, 2.45) is 5.92 Å². The molecule has 1 fully saturated rings. The first-order valence-corrected chi connectivity index (χ1v) is 12.3. The van der Waals surface area contributed by atoms with Crippen LogP contribution < -0.4 is 4.74 Å². The molecule has 0 amide bonds. The number of phenols is 1. The minimum Gasteiger partial charge on any atom is -0.504 e. The quantitative estimate of drug-likeness (QED) is 0.492. The molecule has 1 spiro atoms. The molecule has 4 aliphatic rings. The molecule has 3 N–H and O–H groups in total. The highest BCUT2D eigenvalue weighted by Gasteiger charge is 2.71. The van der Waals surface area contributed by atoms with Crippen molar-refractivity contribution in [3.63, 3.8) is 0 Å². The predicted molar refractivity (Wildman–Crippen MR) is 124 cm³/mol. The number of likely N-dealkylation sites (tertiary alicyclic amines) is 1. The molecule has 10 nitrogen and oxygen atoms in total. The van der Waals surface area contributed by atoms with Crippen molar-refractivity contribution in [3.05, 3.63) is 35.1 Å². The van der Waals surface area contributed by atoms with Crippen LogP contribution >= 0.6 is 0 Å². The van der Waals surface area contributed by atoms with Crippen LogP contribution in [0.3, 0.4) is 0 Å². The third kappa shape index (κ3) is 3.42. The number of nitrogens with zero attached hydrogens (tertiary/aromatic N) is 1. The number of hydrogen-bond acceptors (Lipinski definition) is 9. The second-order valence-corrected chi connectivity index (χ2v) is 10.5. The van der Waals surface area contributed by atoms with Crippen LogP contribution in [0.15, 0.2) is 24.0 Å². The average Bonchev–Trinajstić information content (AvgIpc) is 3.15. The van der Waals surface area contributed by atoms with Gasteiger partial charge in [-0.3, -0.25) is 9.59 Å². The number of carboxylic acid groups (broad SMARTS) is 1. The first-order chi connectivity index (χ1) is 17.0. The summed E-state index contributed by atoms with van der Waals surface area (Å²) in [6.07, 6.45) is 1.36. The molecule has 6 atom stereocenters. The van der Waals surface area contributed by atoms with E-state index in [2.05, 4.69) is 4.90 Å². The summed E-state index contributed by atoms with van der Waals surface area (Å²) in [5.41, 5.74) is -0.331. The molecule has 194 valence electrons. The topological polar surface area (TPSA) is 143 Å². The van der Waals surface area contributed by atoms with Crippen LogP contribution in [-0.2, 0) is 35.7 Å². The van der Waals surface area contributed by atoms with Crippen LogP contribution in [0.25, 0.3) is 0 Å². The van der Waals surface area contributed by atoms with E-state index in [0.29, 0.717) is 18.6 Å². The molecule has 2 bridgehead atoms. The van der Waals surface area contributed by atoms with E-state index in [-0.39, 0.29) is 30.4 Å². The summed E-state index contributed by atoms with van der Waals surface area (Å²) in [7, 11) is 2.00. The summed E-state index contributed by atoms with van der Waals surface area (Å²) in [5.74, 6) is -3.25. The van der Waals surface area contributed by atoms with Crippen molar-refractivity contribution < 1.29 is 43.9 Å². The van der Waals surface area contributed by atoms with Crippen LogP contribution in [0.1, 0.15) is 50.7 Å². The fourth-order valence-electron chi connectivity index (χ4n) is 6.52.